The number of ether oxygens (including phenoxy) is 2. The van der Waals surface area contributed by atoms with Gasteiger partial charge in [-0.3, -0.25) is 34.2 Å². The molecule has 0 radical (unpaired) electrons. The van der Waals surface area contributed by atoms with Gasteiger partial charge in [0, 0.05) is 26.0 Å². The molecular weight excluding hydrogens is 384 g/mol. The number of rotatable bonds is 5. The summed E-state index contributed by atoms with van der Waals surface area (Å²) in [5.41, 5.74) is 0.133. The summed E-state index contributed by atoms with van der Waals surface area (Å²) in [6.45, 7) is 2.18. The van der Waals surface area contributed by atoms with Crippen LogP contribution in [0.3, 0.4) is 0 Å². The van der Waals surface area contributed by atoms with Gasteiger partial charge in [-0.2, -0.15) is 0 Å². The van der Waals surface area contributed by atoms with Gasteiger partial charge in [0.05, 0.1) is 22.6 Å². The van der Waals surface area contributed by atoms with Crippen LogP contribution >= 0.6 is 0 Å². The summed E-state index contributed by atoms with van der Waals surface area (Å²) in [4.78, 5) is 58.8. The summed E-state index contributed by atoms with van der Waals surface area (Å²) in [5.74, 6) is -2.58. The van der Waals surface area contributed by atoms with Gasteiger partial charge in [0.15, 0.2) is 11.5 Å². The molecule has 2 aromatic carbocycles. The number of fused-ring (bicyclic) bond motifs is 1. The third-order valence-electron chi connectivity index (χ3n) is 4.02. The second-order valence-corrected chi connectivity index (χ2v) is 6.15. The molecule has 0 spiro atoms. The topological polar surface area (TPSA) is 133 Å². The lowest BCUT2D eigenvalue weighted by Gasteiger charge is -2.15. The molecule has 0 saturated carbocycles. The molecule has 0 aromatic heterocycles. The third kappa shape index (κ3) is 3.95. The SMILES string of the molecule is CC(=O)Oc1ccc(CN2C(=O)c3ccc([N+](=O)[O-])cc3C2=O)cc1OC(C)=O. The first-order valence-corrected chi connectivity index (χ1v) is 8.31. The molecule has 29 heavy (non-hydrogen) atoms. The first-order chi connectivity index (χ1) is 13.7. The molecular formula is C19H14N2O8. The highest BCUT2D eigenvalue weighted by molar-refractivity contribution is 6.21. The Bertz CT molecular complexity index is 1080. The zero-order valence-electron chi connectivity index (χ0n) is 15.3. The van der Waals surface area contributed by atoms with Gasteiger partial charge in [-0.15, -0.1) is 0 Å². The van der Waals surface area contributed by atoms with E-state index in [1.807, 2.05) is 0 Å². The summed E-state index contributed by atoms with van der Waals surface area (Å²) < 4.78 is 10.0. The lowest BCUT2D eigenvalue weighted by Crippen LogP contribution is -2.29. The zero-order valence-corrected chi connectivity index (χ0v) is 15.3. The minimum absolute atomic E-state index is 0.00874. The molecule has 2 amide bonds. The molecule has 148 valence electrons. The van der Waals surface area contributed by atoms with Gasteiger partial charge < -0.3 is 9.47 Å². The second kappa shape index (κ2) is 7.50. The molecule has 0 unspecified atom stereocenters. The Morgan fingerprint density at radius 3 is 2.17 bits per heavy atom. The predicted octanol–water partition coefficient (Wildman–Crippen LogP) is 2.24. The Morgan fingerprint density at radius 2 is 1.55 bits per heavy atom. The number of nitro groups is 1. The molecule has 0 bridgehead atoms. The number of imide groups is 1. The van der Waals surface area contributed by atoms with Crippen molar-refractivity contribution < 1.29 is 33.6 Å². The van der Waals surface area contributed by atoms with Crippen molar-refractivity contribution in [3.05, 3.63) is 63.2 Å². The Morgan fingerprint density at radius 1 is 0.931 bits per heavy atom. The van der Waals surface area contributed by atoms with E-state index < -0.39 is 28.7 Å². The van der Waals surface area contributed by atoms with E-state index in [-0.39, 0.29) is 34.9 Å². The maximum Gasteiger partial charge on any atom is 0.308 e. The lowest BCUT2D eigenvalue weighted by molar-refractivity contribution is -0.384. The highest BCUT2D eigenvalue weighted by Gasteiger charge is 2.36. The largest absolute Gasteiger partial charge is 0.423 e. The van der Waals surface area contributed by atoms with E-state index in [0.29, 0.717) is 5.56 Å². The summed E-state index contributed by atoms with van der Waals surface area (Å²) in [6, 6.07) is 7.69. The summed E-state index contributed by atoms with van der Waals surface area (Å²) in [7, 11) is 0. The second-order valence-electron chi connectivity index (χ2n) is 6.15. The van der Waals surface area contributed by atoms with Gasteiger partial charge >= 0.3 is 11.9 Å². The first kappa shape index (κ1) is 19.7. The molecule has 0 N–H and O–H groups in total. The van der Waals surface area contributed by atoms with Crippen molar-refractivity contribution in [2.45, 2.75) is 20.4 Å². The Labute approximate surface area is 163 Å². The monoisotopic (exact) mass is 398 g/mol. The van der Waals surface area contributed by atoms with Gasteiger partial charge in [0.2, 0.25) is 0 Å². The van der Waals surface area contributed by atoms with Crippen LogP contribution in [-0.2, 0) is 16.1 Å². The molecule has 0 atom stereocenters. The molecule has 1 heterocycles. The number of carbonyl (C=O) groups is 4. The highest BCUT2D eigenvalue weighted by Crippen LogP contribution is 2.32. The van der Waals surface area contributed by atoms with Crippen LogP contribution in [0.5, 0.6) is 11.5 Å². The Balaban J connectivity index is 1.90. The average molecular weight is 398 g/mol. The average Bonchev–Trinajstić information content (AvgIpc) is 2.87. The minimum atomic E-state index is -0.674. The van der Waals surface area contributed by atoms with E-state index in [4.69, 9.17) is 9.47 Å². The third-order valence-corrected chi connectivity index (χ3v) is 4.02. The highest BCUT2D eigenvalue weighted by atomic mass is 16.6. The van der Waals surface area contributed by atoms with Crippen LogP contribution in [0.1, 0.15) is 40.1 Å². The maximum atomic E-state index is 12.6. The molecule has 10 nitrogen and oxygen atoms in total. The van der Waals surface area contributed by atoms with Gasteiger partial charge in [-0.1, -0.05) is 6.07 Å². The fraction of sp³-hybridized carbons (Fsp3) is 0.158. The van der Waals surface area contributed by atoms with Crippen LogP contribution in [0.4, 0.5) is 5.69 Å². The molecule has 2 aromatic rings. The number of hydrogen-bond donors (Lipinski definition) is 0. The maximum absolute atomic E-state index is 12.6. The fourth-order valence-corrected chi connectivity index (χ4v) is 2.84. The number of hydrogen-bond acceptors (Lipinski definition) is 8. The fourth-order valence-electron chi connectivity index (χ4n) is 2.84. The van der Waals surface area contributed by atoms with E-state index in [9.17, 15) is 29.3 Å². The van der Waals surface area contributed by atoms with Crippen molar-refractivity contribution >= 4 is 29.4 Å². The molecule has 1 aliphatic heterocycles. The molecule has 0 fully saturated rings. The number of benzene rings is 2. The van der Waals surface area contributed by atoms with E-state index in [1.54, 1.807) is 0 Å². The molecule has 1 aliphatic rings. The Kier molecular flexibility index (Phi) is 5.09. The van der Waals surface area contributed by atoms with Crippen LogP contribution in [0, 0.1) is 10.1 Å². The minimum Gasteiger partial charge on any atom is -0.423 e. The molecule has 0 saturated heterocycles. The summed E-state index contributed by atoms with van der Waals surface area (Å²) in [5, 5.41) is 10.9. The number of nitro benzene ring substituents is 1. The van der Waals surface area contributed by atoms with Crippen molar-refractivity contribution in [3.8, 4) is 11.5 Å². The van der Waals surface area contributed by atoms with Crippen LogP contribution in [0.2, 0.25) is 0 Å². The summed E-state index contributed by atoms with van der Waals surface area (Å²) >= 11 is 0. The number of non-ortho nitro benzene ring substituents is 1. The van der Waals surface area contributed by atoms with Crippen LogP contribution in [0.25, 0.3) is 0 Å². The van der Waals surface area contributed by atoms with Gasteiger partial charge in [-0.25, -0.2) is 0 Å². The van der Waals surface area contributed by atoms with Gasteiger partial charge in [0.1, 0.15) is 0 Å². The first-order valence-electron chi connectivity index (χ1n) is 8.31. The van der Waals surface area contributed by atoms with Crippen LogP contribution < -0.4 is 9.47 Å². The number of esters is 2. The standard InChI is InChI=1S/C19H14N2O8/c1-10(22)28-16-6-3-12(7-17(16)29-11(2)23)9-20-18(24)14-5-4-13(21(26)27)8-15(14)19(20)25/h3-8H,9H2,1-2H3. The summed E-state index contributed by atoms with van der Waals surface area (Å²) in [6.07, 6.45) is 0. The van der Waals surface area contributed by atoms with Crippen LogP contribution in [-0.4, -0.2) is 33.6 Å². The van der Waals surface area contributed by atoms with Crippen molar-refractivity contribution in [3.63, 3.8) is 0 Å². The predicted molar refractivity (Wildman–Crippen MR) is 96.4 cm³/mol. The molecule has 10 heteroatoms. The van der Waals surface area contributed by atoms with E-state index >= 15 is 0 Å². The number of amides is 2. The normalized spacial score (nSPS) is 12.6. The van der Waals surface area contributed by atoms with Crippen molar-refractivity contribution in [2.24, 2.45) is 0 Å². The van der Waals surface area contributed by atoms with E-state index in [1.165, 1.54) is 38.1 Å². The van der Waals surface area contributed by atoms with Crippen LogP contribution in [0.15, 0.2) is 36.4 Å². The van der Waals surface area contributed by atoms with E-state index in [0.717, 1.165) is 17.0 Å². The smallest absolute Gasteiger partial charge is 0.308 e. The molecule has 0 aliphatic carbocycles. The van der Waals surface area contributed by atoms with Gasteiger partial charge in [0.25, 0.3) is 17.5 Å². The Hall–Kier alpha value is -4.08. The number of nitrogens with zero attached hydrogens (tertiary/aromatic N) is 2. The van der Waals surface area contributed by atoms with Crippen molar-refractivity contribution in [2.75, 3.05) is 0 Å². The molecule has 3 rings (SSSR count). The lowest BCUT2D eigenvalue weighted by atomic mass is 10.1. The van der Waals surface area contributed by atoms with Gasteiger partial charge in [-0.05, 0) is 23.8 Å². The quantitative estimate of drug-likeness (QED) is 0.246. The van der Waals surface area contributed by atoms with E-state index in [2.05, 4.69) is 0 Å². The number of carbonyl (C=O) groups excluding carboxylic acids is 4. The van der Waals surface area contributed by atoms with Crippen molar-refractivity contribution in [1.29, 1.82) is 0 Å². The zero-order chi connectivity index (χ0) is 21.3. The van der Waals surface area contributed by atoms with Crippen molar-refractivity contribution in [1.82, 2.24) is 4.90 Å².